The Morgan fingerprint density at radius 3 is 2.34 bits per heavy atom. The van der Waals surface area contributed by atoms with E-state index in [9.17, 15) is 19.1 Å². The summed E-state index contributed by atoms with van der Waals surface area (Å²) in [6, 6.07) is 16.0. The molecule has 3 aromatic carbocycles. The molecule has 0 spiro atoms. The first-order chi connectivity index (χ1) is 15.3. The lowest BCUT2D eigenvalue weighted by molar-refractivity contribution is -0.132. The van der Waals surface area contributed by atoms with Gasteiger partial charge in [-0.05, 0) is 42.0 Å². The summed E-state index contributed by atoms with van der Waals surface area (Å²) in [6.07, 6.45) is 0. The molecule has 0 radical (unpaired) electrons. The maximum atomic E-state index is 13.7. The first-order valence-electron chi connectivity index (χ1n) is 9.48. The van der Waals surface area contributed by atoms with Gasteiger partial charge in [-0.1, -0.05) is 53.5 Å². The fourth-order valence-electron chi connectivity index (χ4n) is 3.65. The molecular formula is C24H16Cl2FNO4. The highest BCUT2D eigenvalue weighted by Gasteiger charge is 2.47. The largest absolute Gasteiger partial charge is 0.507 e. The molecule has 1 fully saturated rings. The molecule has 1 aliphatic heterocycles. The molecule has 0 aliphatic carbocycles. The molecule has 1 saturated heterocycles. The number of nitrogens with zero attached hydrogens (tertiary/aromatic N) is 1. The van der Waals surface area contributed by atoms with Crippen molar-refractivity contribution in [3.8, 4) is 5.75 Å². The minimum absolute atomic E-state index is 0.122. The van der Waals surface area contributed by atoms with Gasteiger partial charge in [-0.2, -0.15) is 0 Å². The smallest absolute Gasteiger partial charge is 0.300 e. The molecule has 32 heavy (non-hydrogen) atoms. The third kappa shape index (κ3) is 3.72. The number of carbonyl (C=O) groups excluding carboxylic acids is 2. The van der Waals surface area contributed by atoms with Crippen LogP contribution in [0.4, 0.5) is 10.1 Å². The van der Waals surface area contributed by atoms with Gasteiger partial charge in [0.05, 0.1) is 28.8 Å². The molecular weight excluding hydrogens is 456 g/mol. The predicted molar refractivity (Wildman–Crippen MR) is 121 cm³/mol. The van der Waals surface area contributed by atoms with Gasteiger partial charge in [-0.3, -0.25) is 14.5 Å². The predicted octanol–water partition coefficient (Wildman–Crippen LogP) is 5.77. The number of aliphatic hydroxyl groups is 1. The number of anilines is 1. The van der Waals surface area contributed by atoms with Gasteiger partial charge >= 0.3 is 0 Å². The van der Waals surface area contributed by atoms with Gasteiger partial charge in [0, 0.05) is 11.3 Å². The Hall–Kier alpha value is -3.35. The van der Waals surface area contributed by atoms with Crippen LogP contribution in [0.15, 0.2) is 72.3 Å². The molecule has 3 aromatic rings. The zero-order chi connectivity index (χ0) is 23.0. The van der Waals surface area contributed by atoms with Crippen LogP contribution in [0.25, 0.3) is 5.76 Å². The van der Waals surface area contributed by atoms with E-state index in [2.05, 4.69) is 0 Å². The number of amides is 1. The zero-order valence-electron chi connectivity index (χ0n) is 16.7. The number of benzene rings is 3. The van der Waals surface area contributed by atoms with Crippen LogP contribution in [0.1, 0.15) is 17.2 Å². The van der Waals surface area contributed by atoms with Crippen molar-refractivity contribution in [1.29, 1.82) is 0 Å². The fourth-order valence-corrected chi connectivity index (χ4v) is 4.09. The number of aliphatic hydroxyl groups excluding tert-OH is 1. The average Bonchev–Trinajstić information content (AvgIpc) is 3.06. The fraction of sp³-hybridized carbons (Fsp3) is 0.0833. The van der Waals surface area contributed by atoms with Crippen LogP contribution >= 0.6 is 23.2 Å². The Kier molecular flexibility index (Phi) is 5.91. The lowest BCUT2D eigenvalue weighted by Gasteiger charge is -2.25. The number of Topliss-reactive ketones (excluding diaryl/α,β-unsaturated/α-hetero) is 1. The van der Waals surface area contributed by atoms with E-state index in [0.717, 1.165) is 6.07 Å². The standard InChI is InChI=1S/C24H16Cl2FNO4/c1-32-19-10-7-14(11-17(19)26)22(29)20-21(13-5-3-2-4-6-13)28(24(31)23(20)30)15-8-9-18(27)16(25)12-15/h2-12,21,29H,1H3/b22-20+. The summed E-state index contributed by atoms with van der Waals surface area (Å²) in [5, 5.41) is 11.1. The topological polar surface area (TPSA) is 66.8 Å². The van der Waals surface area contributed by atoms with Gasteiger partial charge in [0.25, 0.3) is 11.7 Å². The molecule has 1 N–H and O–H groups in total. The molecule has 1 aliphatic rings. The summed E-state index contributed by atoms with van der Waals surface area (Å²) in [5.74, 6) is -2.41. The summed E-state index contributed by atoms with van der Waals surface area (Å²) in [4.78, 5) is 27.3. The van der Waals surface area contributed by atoms with Crippen LogP contribution in [-0.2, 0) is 9.59 Å². The van der Waals surface area contributed by atoms with Gasteiger partial charge in [-0.15, -0.1) is 0 Å². The molecule has 1 heterocycles. The first kappa shape index (κ1) is 21.9. The lowest BCUT2D eigenvalue weighted by atomic mass is 9.95. The second-order valence-electron chi connectivity index (χ2n) is 7.03. The highest BCUT2D eigenvalue weighted by molar-refractivity contribution is 6.52. The van der Waals surface area contributed by atoms with E-state index in [1.165, 1.54) is 36.3 Å². The van der Waals surface area contributed by atoms with Gasteiger partial charge in [0.2, 0.25) is 0 Å². The highest BCUT2D eigenvalue weighted by atomic mass is 35.5. The van der Waals surface area contributed by atoms with Gasteiger partial charge in [0.1, 0.15) is 17.3 Å². The molecule has 1 amide bonds. The Morgan fingerprint density at radius 1 is 1.00 bits per heavy atom. The highest BCUT2D eigenvalue weighted by Crippen LogP contribution is 2.43. The third-order valence-electron chi connectivity index (χ3n) is 5.17. The third-order valence-corrected chi connectivity index (χ3v) is 5.75. The van der Waals surface area contributed by atoms with Crippen LogP contribution in [0, 0.1) is 5.82 Å². The minimum atomic E-state index is -0.960. The number of carbonyl (C=O) groups is 2. The maximum absolute atomic E-state index is 13.7. The average molecular weight is 472 g/mol. The summed E-state index contributed by atoms with van der Waals surface area (Å²) in [6.45, 7) is 0. The van der Waals surface area contributed by atoms with E-state index in [1.807, 2.05) is 0 Å². The van der Waals surface area contributed by atoms with E-state index in [4.69, 9.17) is 27.9 Å². The molecule has 1 unspecified atom stereocenters. The number of ether oxygens (including phenoxy) is 1. The molecule has 0 saturated carbocycles. The van der Waals surface area contributed by atoms with Crippen LogP contribution in [0.2, 0.25) is 10.0 Å². The van der Waals surface area contributed by atoms with Crippen molar-refractivity contribution in [1.82, 2.24) is 0 Å². The van der Waals surface area contributed by atoms with E-state index >= 15 is 0 Å². The number of rotatable bonds is 4. The Morgan fingerprint density at radius 2 is 1.72 bits per heavy atom. The van der Waals surface area contributed by atoms with Crippen molar-refractivity contribution >= 4 is 46.3 Å². The summed E-state index contributed by atoms with van der Waals surface area (Å²) in [7, 11) is 1.45. The molecule has 4 rings (SSSR count). The van der Waals surface area contributed by atoms with Crippen LogP contribution in [0.5, 0.6) is 5.75 Å². The first-order valence-corrected chi connectivity index (χ1v) is 10.2. The van der Waals surface area contributed by atoms with Gasteiger partial charge < -0.3 is 9.84 Å². The molecule has 162 valence electrons. The van der Waals surface area contributed by atoms with Gasteiger partial charge in [-0.25, -0.2) is 4.39 Å². The van der Waals surface area contributed by atoms with Crippen molar-refractivity contribution < 1.29 is 23.8 Å². The monoisotopic (exact) mass is 471 g/mol. The maximum Gasteiger partial charge on any atom is 0.300 e. The SMILES string of the molecule is COc1ccc(/C(O)=C2\C(=O)C(=O)N(c3ccc(F)c(Cl)c3)C2c2ccccc2)cc1Cl. The van der Waals surface area contributed by atoms with Crippen LogP contribution < -0.4 is 9.64 Å². The molecule has 1 atom stereocenters. The number of ketones is 1. The van der Waals surface area contributed by atoms with Crippen LogP contribution in [-0.4, -0.2) is 23.9 Å². The Labute approximate surface area is 193 Å². The van der Waals surface area contributed by atoms with Crippen molar-refractivity contribution in [2.24, 2.45) is 0 Å². The van der Waals surface area contributed by atoms with Crippen molar-refractivity contribution in [3.63, 3.8) is 0 Å². The van der Waals surface area contributed by atoms with Crippen LogP contribution in [0.3, 0.4) is 0 Å². The van der Waals surface area contributed by atoms with E-state index < -0.39 is 29.3 Å². The number of methoxy groups -OCH3 is 1. The number of halogens is 3. The van der Waals surface area contributed by atoms with Crippen molar-refractivity contribution in [2.75, 3.05) is 12.0 Å². The summed E-state index contributed by atoms with van der Waals surface area (Å²) < 4.78 is 18.9. The molecule has 5 nitrogen and oxygen atoms in total. The summed E-state index contributed by atoms with van der Waals surface area (Å²) in [5.41, 5.74) is 0.919. The second-order valence-corrected chi connectivity index (χ2v) is 7.84. The Balaban J connectivity index is 1.94. The minimum Gasteiger partial charge on any atom is -0.507 e. The normalized spacial score (nSPS) is 17.6. The molecule has 8 heteroatoms. The quantitative estimate of drug-likeness (QED) is 0.298. The summed E-state index contributed by atoms with van der Waals surface area (Å²) >= 11 is 12.1. The van der Waals surface area contributed by atoms with E-state index in [1.54, 1.807) is 36.4 Å². The molecule has 0 bridgehead atoms. The van der Waals surface area contributed by atoms with Crippen molar-refractivity contribution in [2.45, 2.75) is 6.04 Å². The zero-order valence-corrected chi connectivity index (χ0v) is 18.2. The van der Waals surface area contributed by atoms with Gasteiger partial charge in [0.15, 0.2) is 0 Å². The van der Waals surface area contributed by atoms with E-state index in [-0.39, 0.29) is 26.9 Å². The molecule has 0 aromatic heterocycles. The lowest BCUT2D eigenvalue weighted by Crippen LogP contribution is -2.29. The number of hydrogen-bond acceptors (Lipinski definition) is 4. The van der Waals surface area contributed by atoms with E-state index in [0.29, 0.717) is 11.3 Å². The number of hydrogen-bond donors (Lipinski definition) is 1. The van der Waals surface area contributed by atoms with Crippen molar-refractivity contribution in [3.05, 3.63) is 99.3 Å². The Bertz CT molecular complexity index is 1260. The second kappa shape index (κ2) is 8.65.